The Morgan fingerprint density at radius 1 is 0.923 bits per heavy atom. The third kappa shape index (κ3) is 6.30. The summed E-state index contributed by atoms with van der Waals surface area (Å²) in [7, 11) is 0. The van der Waals surface area contributed by atoms with Gasteiger partial charge in [-0.2, -0.15) is 26.3 Å². The first kappa shape index (κ1) is 27.5. The lowest BCUT2D eigenvalue weighted by molar-refractivity contribution is -0.187. The van der Waals surface area contributed by atoms with Gasteiger partial charge in [-0.25, -0.2) is 4.79 Å². The molecule has 0 saturated carbocycles. The standard InChI is InChI=1S/C16H11F3O5.C10H7F3O2/c17-16(18,19)14-11(15(20)21)6-10-2-1-3-12(13(10)24-14)23-8-9-4-5-22-7-9;11-10(12,13)8-5-4-6-2-1-3-7(14)9(6)15-8/h1-7,14H,8H2,(H,20,21);1-5,8,14H. The second-order valence-electron chi connectivity index (χ2n) is 8.17. The highest BCUT2D eigenvalue weighted by atomic mass is 19.4. The van der Waals surface area contributed by atoms with Crippen LogP contribution >= 0.6 is 0 Å². The summed E-state index contributed by atoms with van der Waals surface area (Å²) in [6.45, 7) is 0.0719. The van der Waals surface area contributed by atoms with Crippen molar-refractivity contribution in [1.82, 2.24) is 0 Å². The van der Waals surface area contributed by atoms with Crippen molar-refractivity contribution in [3.63, 3.8) is 0 Å². The Hall–Kier alpha value is -4.55. The lowest BCUT2D eigenvalue weighted by atomic mass is 10.0. The summed E-state index contributed by atoms with van der Waals surface area (Å²) < 4.78 is 96.2. The Bertz CT molecular complexity index is 1390. The maximum atomic E-state index is 13.1. The van der Waals surface area contributed by atoms with Gasteiger partial charge in [-0.05, 0) is 30.4 Å². The van der Waals surface area contributed by atoms with Gasteiger partial charge in [0.15, 0.2) is 23.0 Å². The highest BCUT2D eigenvalue weighted by Crippen LogP contribution is 2.42. The number of carbonyl (C=O) groups is 1. The molecule has 0 amide bonds. The molecule has 2 aliphatic rings. The molecular weight excluding hydrogens is 538 g/mol. The summed E-state index contributed by atoms with van der Waals surface area (Å²) in [4.78, 5) is 11.1. The van der Waals surface area contributed by atoms with Crippen LogP contribution in [0.4, 0.5) is 26.3 Å². The van der Waals surface area contributed by atoms with Crippen molar-refractivity contribution in [2.75, 3.05) is 0 Å². The van der Waals surface area contributed by atoms with E-state index in [2.05, 4.69) is 4.74 Å². The molecule has 2 aromatic carbocycles. The fourth-order valence-corrected chi connectivity index (χ4v) is 3.60. The van der Waals surface area contributed by atoms with E-state index in [1.807, 2.05) is 0 Å². The van der Waals surface area contributed by atoms with Crippen molar-refractivity contribution in [3.8, 4) is 23.0 Å². The van der Waals surface area contributed by atoms with Crippen LogP contribution in [0.1, 0.15) is 16.7 Å². The number of benzene rings is 2. The molecule has 3 heterocycles. The van der Waals surface area contributed by atoms with Crippen LogP contribution in [0.15, 0.2) is 71.1 Å². The number of aliphatic carboxylic acids is 1. The zero-order valence-electron chi connectivity index (χ0n) is 19.5. The maximum absolute atomic E-state index is 13.1. The van der Waals surface area contributed by atoms with Crippen molar-refractivity contribution >= 4 is 18.1 Å². The van der Waals surface area contributed by atoms with E-state index in [0.717, 1.165) is 12.2 Å². The number of furan rings is 1. The number of phenolic OH excluding ortho intramolecular Hbond substituents is 1. The van der Waals surface area contributed by atoms with E-state index in [1.165, 1.54) is 48.9 Å². The largest absolute Gasteiger partial charge is 0.504 e. The van der Waals surface area contributed by atoms with Gasteiger partial charge in [-0.15, -0.1) is 0 Å². The number of carboxylic acids is 1. The second-order valence-corrected chi connectivity index (χ2v) is 8.17. The number of hydrogen-bond donors (Lipinski definition) is 2. The van der Waals surface area contributed by atoms with Gasteiger partial charge in [0, 0.05) is 16.7 Å². The molecule has 206 valence electrons. The smallest absolute Gasteiger partial charge is 0.430 e. The number of fused-ring (bicyclic) bond motifs is 2. The number of phenols is 1. The number of ether oxygens (including phenoxy) is 3. The average Bonchev–Trinajstić information content (AvgIpc) is 3.40. The second kappa shape index (κ2) is 10.7. The Morgan fingerprint density at radius 2 is 1.64 bits per heavy atom. The molecule has 0 bridgehead atoms. The van der Waals surface area contributed by atoms with Gasteiger partial charge in [-0.1, -0.05) is 30.3 Å². The fraction of sp³-hybridized carbons (Fsp3) is 0.192. The number of hydrogen-bond acceptors (Lipinski definition) is 6. The number of carboxylic acid groups (broad SMARTS) is 1. The van der Waals surface area contributed by atoms with Crippen LogP contribution in [0.2, 0.25) is 0 Å². The van der Waals surface area contributed by atoms with Crippen LogP contribution < -0.4 is 14.2 Å². The molecule has 2 aliphatic heterocycles. The summed E-state index contributed by atoms with van der Waals surface area (Å²) in [5.41, 5.74) is 0.465. The van der Waals surface area contributed by atoms with E-state index < -0.39 is 36.1 Å². The van der Waals surface area contributed by atoms with E-state index in [0.29, 0.717) is 11.1 Å². The summed E-state index contributed by atoms with van der Waals surface area (Å²) in [5, 5.41) is 18.3. The molecule has 0 aliphatic carbocycles. The molecule has 1 aromatic heterocycles. The van der Waals surface area contributed by atoms with Gasteiger partial charge in [0.25, 0.3) is 0 Å². The van der Waals surface area contributed by atoms with Crippen molar-refractivity contribution in [3.05, 3.63) is 83.3 Å². The van der Waals surface area contributed by atoms with E-state index >= 15 is 0 Å². The Morgan fingerprint density at radius 3 is 2.28 bits per heavy atom. The molecule has 0 radical (unpaired) electrons. The first-order chi connectivity index (χ1) is 18.3. The van der Waals surface area contributed by atoms with E-state index in [-0.39, 0.29) is 35.2 Å². The summed E-state index contributed by atoms with van der Waals surface area (Å²) in [5.74, 6) is -2.15. The van der Waals surface area contributed by atoms with Crippen LogP contribution in [-0.2, 0) is 11.4 Å². The molecule has 13 heteroatoms. The molecule has 2 N–H and O–H groups in total. The maximum Gasteiger partial charge on any atom is 0.430 e. The third-order valence-corrected chi connectivity index (χ3v) is 5.40. The molecule has 0 saturated heterocycles. The highest BCUT2D eigenvalue weighted by Gasteiger charge is 2.49. The van der Waals surface area contributed by atoms with E-state index in [4.69, 9.17) is 19.0 Å². The Balaban J connectivity index is 0.000000202. The predicted molar refractivity (Wildman–Crippen MR) is 123 cm³/mol. The molecule has 2 atom stereocenters. The SMILES string of the molecule is O=C(O)C1=Cc2cccc(OCc3ccoc3)c2OC1C(F)(F)F.Oc1cccc2c1OC(C(F)(F)F)C=C2. The molecule has 5 rings (SSSR count). The zero-order chi connectivity index (χ0) is 28.4. The molecule has 0 fully saturated rings. The van der Waals surface area contributed by atoms with Gasteiger partial charge in [-0.3, -0.25) is 0 Å². The van der Waals surface area contributed by atoms with E-state index in [1.54, 1.807) is 12.1 Å². The van der Waals surface area contributed by atoms with Crippen LogP contribution in [0, 0.1) is 0 Å². The zero-order valence-corrected chi connectivity index (χ0v) is 19.5. The Kier molecular flexibility index (Phi) is 7.52. The van der Waals surface area contributed by atoms with Crippen LogP contribution in [-0.4, -0.2) is 40.7 Å². The average molecular weight is 556 g/mol. The van der Waals surface area contributed by atoms with Gasteiger partial charge in [0.1, 0.15) is 6.61 Å². The number of aromatic hydroxyl groups is 1. The van der Waals surface area contributed by atoms with E-state index in [9.17, 15) is 36.2 Å². The van der Waals surface area contributed by atoms with Crippen molar-refractivity contribution in [2.45, 2.75) is 31.2 Å². The van der Waals surface area contributed by atoms with Crippen molar-refractivity contribution < 1.29 is 60.0 Å². The minimum Gasteiger partial charge on any atom is -0.504 e. The number of alkyl halides is 6. The monoisotopic (exact) mass is 556 g/mol. The Labute approximate surface area is 216 Å². The minimum absolute atomic E-state index is 0.0719. The molecule has 7 nitrogen and oxygen atoms in total. The van der Waals surface area contributed by atoms with Crippen LogP contribution in [0.3, 0.4) is 0 Å². The lowest BCUT2D eigenvalue weighted by Gasteiger charge is -2.28. The van der Waals surface area contributed by atoms with Crippen LogP contribution in [0.25, 0.3) is 12.2 Å². The summed E-state index contributed by atoms with van der Waals surface area (Å²) in [6, 6.07) is 10.5. The molecule has 2 unspecified atom stereocenters. The molecule has 3 aromatic rings. The molecule has 0 spiro atoms. The van der Waals surface area contributed by atoms with Crippen molar-refractivity contribution in [1.29, 1.82) is 0 Å². The van der Waals surface area contributed by atoms with Gasteiger partial charge in [0.05, 0.1) is 18.1 Å². The third-order valence-electron chi connectivity index (χ3n) is 5.40. The normalized spacial score (nSPS) is 17.8. The number of rotatable bonds is 4. The first-order valence-corrected chi connectivity index (χ1v) is 11.0. The quantitative estimate of drug-likeness (QED) is 0.360. The minimum atomic E-state index is -4.86. The summed E-state index contributed by atoms with van der Waals surface area (Å²) >= 11 is 0. The summed E-state index contributed by atoms with van der Waals surface area (Å²) in [6.07, 6.45) is -7.83. The molecular formula is C26H18F6O7. The van der Waals surface area contributed by atoms with Gasteiger partial charge < -0.3 is 28.8 Å². The highest BCUT2D eigenvalue weighted by molar-refractivity contribution is 5.95. The van der Waals surface area contributed by atoms with Gasteiger partial charge in [0.2, 0.25) is 12.2 Å². The topological polar surface area (TPSA) is 98.4 Å². The van der Waals surface area contributed by atoms with Crippen molar-refractivity contribution in [2.24, 2.45) is 0 Å². The van der Waals surface area contributed by atoms with Crippen LogP contribution in [0.5, 0.6) is 23.0 Å². The fourth-order valence-electron chi connectivity index (χ4n) is 3.60. The molecule has 39 heavy (non-hydrogen) atoms. The van der Waals surface area contributed by atoms with Gasteiger partial charge >= 0.3 is 18.3 Å². The lowest BCUT2D eigenvalue weighted by Crippen LogP contribution is -2.40. The predicted octanol–water partition coefficient (Wildman–Crippen LogP) is 6.38. The first-order valence-electron chi connectivity index (χ1n) is 11.0. The number of halogens is 6. The number of para-hydroxylation sites is 2.